The molecule has 0 bridgehead atoms. The van der Waals surface area contributed by atoms with E-state index in [9.17, 15) is 22.4 Å². The number of nitrogens with one attached hydrogen (secondary N) is 2. The molecule has 176 valence electrons. The van der Waals surface area contributed by atoms with Gasteiger partial charge in [-0.25, -0.2) is 14.2 Å². The van der Waals surface area contributed by atoms with Crippen molar-refractivity contribution in [2.24, 2.45) is 4.99 Å². The number of halogens is 4. The highest BCUT2D eigenvalue weighted by atomic mass is 32.1. The number of urea groups is 1. The molecule has 0 saturated heterocycles. The first-order valence-electron chi connectivity index (χ1n) is 10.1. The minimum atomic E-state index is -4.76. The minimum Gasteiger partial charge on any atom is -0.406 e. The molecule has 0 aliphatic heterocycles. The monoisotopic (exact) mass is 482 g/mol. The number of hydrogen-bond acceptors (Lipinski definition) is 4. The standard InChI is InChI=1S/C22H22F4N4O2S/c1-2-27-20(31)28-12-3-13-30-19(15-4-6-16(23)7-5-15)14-33-21(30)29-17-8-10-18(11-9-17)32-22(24,25)26/h4-11,14H,2-3,12-13H2,1H3,(H2,27,28,31). The van der Waals surface area contributed by atoms with Crippen molar-refractivity contribution >= 4 is 23.1 Å². The van der Waals surface area contributed by atoms with Crippen molar-refractivity contribution in [2.75, 3.05) is 13.1 Å². The van der Waals surface area contributed by atoms with E-state index in [0.29, 0.717) is 36.5 Å². The summed E-state index contributed by atoms with van der Waals surface area (Å²) in [6, 6.07) is 11.1. The highest BCUT2D eigenvalue weighted by Crippen LogP contribution is 2.25. The van der Waals surface area contributed by atoms with E-state index < -0.39 is 6.36 Å². The molecule has 2 aromatic carbocycles. The Balaban J connectivity index is 1.85. The normalized spacial score (nSPS) is 12.0. The van der Waals surface area contributed by atoms with E-state index in [2.05, 4.69) is 20.4 Å². The van der Waals surface area contributed by atoms with Crippen LogP contribution >= 0.6 is 11.3 Å². The van der Waals surface area contributed by atoms with E-state index in [0.717, 1.165) is 11.3 Å². The van der Waals surface area contributed by atoms with Crippen molar-refractivity contribution in [1.29, 1.82) is 0 Å². The van der Waals surface area contributed by atoms with Crippen molar-refractivity contribution < 1.29 is 27.1 Å². The Labute approximate surface area is 191 Å². The lowest BCUT2D eigenvalue weighted by molar-refractivity contribution is -0.274. The zero-order valence-corrected chi connectivity index (χ0v) is 18.5. The summed E-state index contributed by atoms with van der Waals surface area (Å²) < 4.78 is 56.3. The van der Waals surface area contributed by atoms with E-state index in [1.807, 2.05) is 16.9 Å². The number of ether oxygens (including phenoxy) is 1. The smallest absolute Gasteiger partial charge is 0.406 e. The first-order chi connectivity index (χ1) is 15.7. The first-order valence-corrected chi connectivity index (χ1v) is 11.0. The van der Waals surface area contributed by atoms with Gasteiger partial charge >= 0.3 is 12.4 Å². The molecule has 6 nitrogen and oxygen atoms in total. The number of benzene rings is 2. The molecule has 11 heteroatoms. The molecule has 0 atom stereocenters. The summed E-state index contributed by atoms with van der Waals surface area (Å²) in [5.41, 5.74) is 2.06. The number of aromatic nitrogens is 1. The number of alkyl halides is 3. The molecule has 0 fully saturated rings. The second-order valence-electron chi connectivity index (χ2n) is 6.86. The fraction of sp³-hybridized carbons (Fsp3) is 0.273. The number of carbonyl (C=O) groups is 1. The lowest BCUT2D eigenvalue weighted by atomic mass is 10.1. The van der Waals surface area contributed by atoms with E-state index >= 15 is 0 Å². The molecule has 2 N–H and O–H groups in total. The topological polar surface area (TPSA) is 67.7 Å². The van der Waals surface area contributed by atoms with Gasteiger partial charge in [-0.1, -0.05) is 0 Å². The molecular weight excluding hydrogens is 460 g/mol. The Hall–Kier alpha value is -3.34. The Morgan fingerprint density at radius 1 is 1.09 bits per heavy atom. The predicted molar refractivity (Wildman–Crippen MR) is 118 cm³/mol. The van der Waals surface area contributed by atoms with Crippen LogP contribution in [-0.2, 0) is 6.54 Å². The number of nitrogens with zero attached hydrogens (tertiary/aromatic N) is 2. The largest absolute Gasteiger partial charge is 0.573 e. The fourth-order valence-corrected chi connectivity index (χ4v) is 3.94. The summed E-state index contributed by atoms with van der Waals surface area (Å²) in [5.74, 6) is -0.679. The van der Waals surface area contributed by atoms with Crippen LogP contribution in [0.15, 0.2) is 58.9 Å². The van der Waals surface area contributed by atoms with Crippen LogP contribution in [0, 0.1) is 5.82 Å². The van der Waals surface area contributed by atoms with Gasteiger partial charge in [-0.3, -0.25) is 0 Å². The summed E-state index contributed by atoms with van der Waals surface area (Å²) in [6.45, 7) is 3.29. The average molecular weight is 483 g/mol. The van der Waals surface area contributed by atoms with Gasteiger partial charge < -0.3 is 19.9 Å². The number of thiazole rings is 1. The predicted octanol–water partition coefficient (Wildman–Crippen LogP) is 5.20. The Bertz CT molecular complexity index is 1120. The third-order valence-electron chi connectivity index (χ3n) is 4.41. The van der Waals surface area contributed by atoms with E-state index in [1.54, 1.807) is 12.1 Å². The van der Waals surface area contributed by atoms with Gasteiger partial charge in [0.1, 0.15) is 11.6 Å². The minimum absolute atomic E-state index is 0.252. The Morgan fingerprint density at radius 3 is 2.42 bits per heavy atom. The highest BCUT2D eigenvalue weighted by Gasteiger charge is 2.30. The molecule has 2 amide bonds. The van der Waals surface area contributed by atoms with Crippen molar-refractivity contribution in [3.05, 3.63) is 64.5 Å². The van der Waals surface area contributed by atoms with Gasteiger partial charge in [0, 0.05) is 25.0 Å². The molecule has 1 heterocycles. The number of hydrogen-bond donors (Lipinski definition) is 2. The fourth-order valence-electron chi connectivity index (χ4n) is 2.98. The zero-order chi connectivity index (χ0) is 23.8. The number of rotatable bonds is 8. The third kappa shape index (κ3) is 7.35. The first kappa shape index (κ1) is 24.3. The third-order valence-corrected chi connectivity index (χ3v) is 5.28. The van der Waals surface area contributed by atoms with Crippen LogP contribution in [0.2, 0.25) is 0 Å². The molecule has 0 unspecified atom stereocenters. The van der Waals surface area contributed by atoms with Crippen molar-refractivity contribution in [1.82, 2.24) is 15.2 Å². The van der Waals surface area contributed by atoms with Crippen molar-refractivity contribution in [3.8, 4) is 17.0 Å². The summed E-state index contributed by atoms with van der Waals surface area (Å²) >= 11 is 1.35. The van der Waals surface area contributed by atoms with Gasteiger partial charge in [-0.05, 0) is 67.4 Å². The van der Waals surface area contributed by atoms with Crippen LogP contribution in [0.25, 0.3) is 11.3 Å². The SMILES string of the molecule is CCNC(=O)NCCCn1c(-c2ccc(F)cc2)csc1=Nc1ccc(OC(F)(F)F)cc1. The lowest BCUT2D eigenvalue weighted by Gasteiger charge is -2.11. The van der Waals surface area contributed by atoms with Crippen molar-refractivity contribution in [2.45, 2.75) is 26.3 Å². The molecule has 0 aliphatic rings. The molecule has 0 radical (unpaired) electrons. The summed E-state index contributed by atoms with van der Waals surface area (Å²) in [7, 11) is 0. The van der Waals surface area contributed by atoms with Gasteiger partial charge in [-0.15, -0.1) is 24.5 Å². The van der Waals surface area contributed by atoms with Gasteiger partial charge in [0.25, 0.3) is 0 Å². The average Bonchev–Trinajstić information content (AvgIpc) is 3.14. The molecular formula is C22H22F4N4O2S. The Kier molecular flexibility index (Phi) is 8.10. The van der Waals surface area contributed by atoms with Crippen molar-refractivity contribution in [3.63, 3.8) is 0 Å². The molecule has 0 saturated carbocycles. The van der Waals surface area contributed by atoms with Crippen LogP contribution in [0.4, 0.5) is 28.0 Å². The second kappa shape index (κ2) is 11.0. The van der Waals surface area contributed by atoms with E-state index in [4.69, 9.17) is 0 Å². The Morgan fingerprint density at radius 2 is 1.79 bits per heavy atom. The summed E-state index contributed by atoms with van der Waals surface area (Å²) in [6.07, 6.45) is -4.16. The van der Waals surface area contributed by atoms with E-state index in [-0.39, 0.29) is 17.6 Å². The van der Waals surface area contributed by atoms with Crippen LogP contribution in [0.5, 0.6) is 5.75 Å². The number of carbonyl (C=O) groups excluding carboxylic acids is 1. The second-order valence-corrected chi connectivity index (χ2v) is 7.69. The van der Waals surface area contributed by atoms with Gasteiger partial charge in [-0.2, -0.15) is 0 Å². The van der Waals surface area contributed by atoms with Crippen LogP contribution in [-0.4, -0.2) is 30.1 Å². The zero-order valence-electron chi connectivity index (χ0n) is 17.7. The quantitative estimate of drug-likeness (QED) is 0.343. The summed E-state index contributed by atoms with van der Waals surface area (Å²) in [4.78, 5) is 16.8. The van der Waals surface area contributed by atoms with Crippen LogP contribution < -0.4 is 20.2 Å². The summed E-state index contributed by atoms with van der Waals surface area (Å²) in [5, 5.41) is 7.30. The lowest BCUT2D eigenvalue weighted by Crippen LogP contribution is -2.36. The number of amides is 2. The molecule has 3 aromatic rings. The maximum absolute atomic E-state index is 13.4. The molecule has 0 aliphatic carbocycles. The van der Waals surface area contributed by atoms with Gasteiger partial charge in [0.05, 0.1) is 11.4 Å². The molecule has 1 aromatic heterocycles. The molecule has 0 spiro atoms. The molecule has 3 rings (SSSR count). The maximum Gasteiger partial charge on any atom is 0.573 e. The highest BCUT2D eigenvalue weighted by molar-refractivity contribution is 7.07. The molecule has 33 heavy (non-hydrogen) atoms. The van der Waals surface area contributed by atoms with E-state index in [1.165, 1.54) is 47.7 Å². The van der Waals surface area contributed by atoms with Crippen LogP contribution in [0.3, 0.4) is 0 Å². The van der Waals surface area contributed by atoms with Gasteiger partial charge in [0.2, 0.25) is 0 Å². The van der Waals surface area contributed by atoms with Gasteiger partial charge in [0.15, 0.2) is 4.80 Å². The van der Waals surface area contributed by atoms with Crippen LogP contribution in [0.1, 0.15) is 13.3 Å². The maximum atomic E-state index is 13.4.